The fourth-order valence-electron chi connectivity index (χ4n) is 3.00. The van der Waals surface area contributed by atoms with Gasteiger partial charge in [-0.2, -0.15) is 0 Å². The van der Waals surface area contributed by atoms with Crippen LogP contribution >= 0.6 is 23.2 Å². The largest absolute Gasteiger partial charge is 0.325 e. The van der Waals surface area contributed by atoms with Gasteiger partial charge in [0.25, 0.3) is 5.56 Å². The number of aromatic amines is 2. The molecular weight excluding hydrogens is 363 g/mol. The summed E-state index contributed by atoms with van der Waals surface area (Å²) in [5, 5.41) is 8.97. The molecule has 0 bridgehead atoms. The van der Waals surface area contributed by atoms with E-state index < -0.39 is 11.2 Å². The average molecular weight is 375 g/mol. The number of halogens is 2. The highest BCUT2D eigenvalue weighted by atomic mass is 35.5. The Morgan fingerprint density at radius 1 is 1.04 bits per heavy atom. The van der Waals surface area contributed by atoms with Crippen LogP contribution in [0, 0.1) is 0 Å². The second-order valence-corrected chi connectivity index (χ2v) is 6.76. The number of hydrogen-bond acceptors (Lipinski definition) is 4. The third-order valence-electron chi connectivity index (χ3n) is 4.36. The van der Waals surface area contributed by atoms with E-state index in [1.807, 2.05) is 24.3 Å². The molecule has 0 saturated heterocycles. The summed E-state index contributed by atoms with van der Waals surface area (Å²) in [6, 6.07) is 9.50. The van der Waals surface area contributed by atoms with E-state index in [-0.39, 0.29) is 11.5 Å². The SMILES string of the molecule is O=c1[nH]cc(-c2cc(C3CC3c3ccc(Cl)cc3)c(Cl)nn2)c(=O)[nH]1. The van der Waals surface area contributed by atoms with Gasteiger partial charge in [-0.05, 0) is 47.6 Å². The van der Waals surface area contributed by atoms with E-state index in [1.54, 1.807) is 6.07 Å². The van der Waals surface area contributed by atoms with E-state index in [0.717, 1.165) is 12.0 Å². The number of nitrogens with one attached hydrogen (secondary N) is 2. The molecule has 126 valence electrons. The molecular formula is C17H12Cl2N4O2. The fourth-order valence-corrected chi connectivity index (χ4v) is 3.36. The number of hydrogen-bond donors (Lipinski definition) is 2. The molecule has 1 aliphatic rings. The molecule has 6 nitrogen and oxygen atoms in total. The van der Waals surface area contributed by atoms with Gasteiger partial charge >= 0.3 is 5.69 Å². The summed E-state index contributed by atoms with van der Waals surface area (Å²) in [6.07, 6.45) is 2.26. The van der Waals surface area contributed by atoms with Crippen LogP contribution in [0.15, 0.2) is 46.1 Å². The molecule has 3 aromatic rings. The summed E-state index contributed by atoms with van der Waals surface area (Å²) in [5.41, 5.74) is 1.56. The molecule has 2 unspecified atom stereocenters. The molecule has 2 N–H and O–H groups in total. The zero-order chi connectivity index (χ0) is 17.6. The monoisotopic (exact) mass is 374 g/mol. The Morgan fingerprint density at radius 2 is 1.80 bits per heavy atom. The average Bonchev–Trinajstić information content (AvgIpc) is 3.37. The highest BCUT2D eigenvalue weighted by Gasteiger charge is 2.41. The predicted octanol–water partition coefficient (Wildman–Crippen LogP) is 3.10. The van der Waals surface area contributed by atoms with Gasteiger partial charge < -0.3 is 4.98 Å². The number of benzene rings is 1. The number of H-pyrrole nitrogens is 2. The second kappa shape index (κ2) is 6.13. The lowest BCUT2D eigenvalue weighted by atomic mass is 10.0. The molecule has 0 amide bonds. The molecule has 2 atom stereocenters. The second-order valence-electron chi connectivity index (χ2n) is 5.96. The molecule has 25 heavy (non-hydrogen) atoms. The first-order valence-electron chi connectivity index (χ1n) is 7.64. The first-order chi connectivity index (χ1) is 12.0. The van der Waals surface area contributed by atoms with E-state index in [9.17, 15) is 9.59 Å². The van der Waals surface area contributed by atoms with Gasteiger partial charge in [0.1, 0.15) is 5.69 Å². The Kier molecular flexibility index (Phi) is 3.94. The maximum atomic E-state index is 12.0. The summed E-state index contributed by atoms with van der Waals surface area (Å²) < 4.78 is 0. The molecule has 2 aromatic heterocycles. The maximum Gasteiger partial charge on any atom is 0.325 e. The minimum absolute atomic E-state index is 0.213. The van der Waals surface area contributed by atoms with Gasteiger partial charge in [0.2, 0.25) is 0 Å². The van der Waals surface area contributed by atoms with E-state index in [2.05, 4.69) is 20.2 Å². The van der Waals surface area contributed by atoms with Crippen LogP contribution in [0.3, 0.4) is 0 Å². The highest BCUT2D eigenvalue weighted by Crippen LogP contribution is 2.56. The van der Waals surface area contributed by atoms with Gasteiger partial charge in [0.15, 0.2) is 5.15 Å². The van der Waals surface area contributed by atoms with Gasteiger partial charge in [0.05, 0.1) is 5.56 Å². The molecule has 0 radical (unpaired) electrons. The zero-order valence-corrected chi connectivity index (χ0v) is 14.3. The first-order valence-corrected chi connectivity index (χ1v) is 8.39. The molecule has 1 aromatic carbocycles. The van der Waals surface area contributed by atoms with Crippen LogP contribution in [-0.2, 0) is 0 Å². The number of aromatic nitrogens is 4. The van der Waals surface area contributed by atoms with Crippen molar-refractivity contribution in [1.82, 2.24) is 20.2 Å². The van der Waals surface area contributed by atoms with Gasteiger partial charge in [0, 0.05) is 11.2 Å². The summed E-state index contributed by atoms with van der Waals surface area (Å²) in [5.74, 6) is 0.547. The van der Waals surface area contributed by atoms with Crippen LogP contribution in [0.25, 0.3) is 11.3 Å². The van der Waals surface area contributed by atoms with Crippen LogP contribution in [0.2, 0.25) is 10.2 Å². The summed E-state index contributed by atoms with van der Waals surface area (Å²) in [4.78, 5) is 27.7. The third kappa shape index (κ3) is 3.10. The van der Waals surface area contributed by atoms with E-state index in [4.69, 9.17) is 23.2 Å². The van der Waals surface area contributed by atoms with Crippen molar-refractivity contribution in [3.05, 3.63) is 78.7 Å². The van der Waals surface area contributed by atoms with Gasteiger partial charge in [-0.15, -0.1) is 10.2 Å². The van der Waals surface area contributed by atoms with Crippen molar-refractivity contribution >= 4 is 23.2 Å². The van der Waals surface area contributed by atoms with Crippen molar-refractivity contribution in [3.63, 3.8) is 0 Å². The molecule has 4 rings (SSSR count). The van der Waals surface area contributed by atoms with Crippen LogP contribution in [-0.4, -0.2) is 20.2 Å². The quantitative estimate of drug-likeness (QED) is 0.736. The summed E-state index contributed by atoms with van der Waals surface area (Å²) >= 11 is 12.2. The maximum absolute atomic E-state index is 12.0. The van der Waals surface area contributed by atoms with Gasteiger partial charge in [-0.3, -0.25) is 9.78 Å². The van der Waals surface area contributed by atoms with Gasteiger partial charge in [-0.1, -0.05) is 35.3 Å². The highest BCUT2D eigenvalue weighted by molar-refractivity contribution is 6.30. The van der Waals surface area contributed by atoms with Crippen molar-refractivity contribution in [2.45, 2.75) is 18.3 Å². The fraction of sp³-hybridized carbons (Fsp3) is 0.176. The van der Waals surface area contributed by atoms with Crippen molar-refractivity contribution in [3.8, 4) is 11.3 Å². The Morgan fingerprint density at radius 3 is 2.52 bits per heavy atom. The van der Waals surface area contributed by atoms with Crippen LogP contribution in [0.4, 0.5) is 0 Å². The minimum Gasteiger partial charge on any atom is -0.313 e. The van der Waals surface area contributed by atoms with Crippen molar-refractivity contribution in [2.75, 3.05) is 0 Å². The lowest BCUT2D eigenvalue weighted by Crippen LogP contribution is -2.23. The molecule has 2 heterocycles. The summed E-state index contributed by atoms with van der Waals surface area (Å²) in [7, 11) is 0. The van der Waals surface area contributed by atoms with E-state index in [1.165, 1.54) is 11.8 Å². The lowest BCUT2D eigenvalue weighted by molar-refractivity contribution is 0.952. The Hall–Kier alpha value is -2.44. The number of rotatable bonds is 3. The van der Waals surface area contributed by atoms with Crippen LogP contribution < -0.4 is 11.2 Å². The third-order valence-corrected chi connectivity index (χ3v) is 4.91. The van der Waals surface area contributed by atoms with Crippen molar-refractivity contribution < 1.29 is 0 Å². The normalized spacial score (nSPS) is 19.0. The van der Waals surface area contributed by atoms with E-state index in [0.29, 0.717) is 21.8 Å². The van der Waals surface area contributed by atoms with Gasteiger partial charge in [-0.25, -0.2) is 4.79 Å². The number of nitrogens with zero attached hydrogens (tertiary/aromatic N) is 2. The van der Waals surface area contributed by atoms with E-state index >= 15 is 0 Å². The van der Waals surface area contributed by atoms with Crippen LogP contribution in [0.1, 0.15) is 29.4 Å². The minimum atomic E-state index is -0.569. The smallest absolute Gasteiger partial charge is 0.313 e. The first kappa shape index (κ1) is 16.1. The van der Waals surface area contributed by atoms with Crippen molar-refractivity contribution in [2.24, 2.45) is 0 Å². The Labute approximate surface area is 151 Å². The molecule has 1 saturated carbocycles. The predicted molar refractivity (Wildman–Crippen MR) is 95.3 cm³/mol. The summed E-state index contributed by atoms with van der Waals surface area (Å²) in [6.45, 7) is 0. The lowest BCUT2D eigenvalue weighted by Gasteiger charge is -2.06. The molecule has 0 spiro atoms. The van der Waals surface area contributed by atoms with Crippen molar-refractivity contribution in [1.29, 1.82) is 0 Å². The standard InChI is InChI=1S/C17H12Cl2N4O2/c18-9-3-1-8(2-4-9)10-5-11(10)12-6-14(22-23-15(12)19)13-7-20-17(25)21-16(13)24/h1-4,6-7,10-11H,5H2,(H2,20,21,24,25). The molecule has 1 aliphatic carbocycles. The van der Waals surface area contributed by atoms with Crippen LogP contribution in [0.5, 0.6) is 0 Å². The Bertz CT molecular complexity index is 1060. The molecule has 8 heteroatoms. The topological polar surface area (TPSA) is 91.5 Å². The molecule has 1 fully saturated rings. The zero-order valence-electron chi connectivity index (χ0n) is 12.8. The molecule has 0 aliphatic heterocycles. The Balaban J connectivity index is 1.68.